The molecule has 0 aliphatic heterocycles. The number of ketones is 1. The molecule has 0 radical (unpaired) electrons. The number of benzene rings is 2. The summed E-state index contributed by atoms with van der Waals surface area (Å²) in [5.74, 6) is -1.70. The zero-order valence-corrected chi connectivity index (χ0v) is 15.6. The lowest BCUT2D eigenvalue weighted by Crippen LogP contribution is -2.20. The largest absolute Gasteiger partial charge is 0.457 e. The van der Waals surface area contributed by atoms with Gasteiger partial charge in [-0.3, -0.25) is 8.98 Å². The minimum Gasteiger partial charge on any atom is -0.457 e. The molecule has 0 atom stereocenters. The van der Waals surface area contributed by atoms with Gasteiger partial charge in [-0.1, -0.05) is 48.0 Å². The molecule has 0 saturated carbocycles. The summed E-state index contributed by atoms with van der Waals surface area (Å²) in [6.45, 7) is 1.57. The van der Waals surface area contributed by atoms with Crippen molar-refractivity contribution in [2.24, 2.45) is 0 Å². The number of aryl methyl sites for hydroxylation is 1. The van der Waals surface area contributed by atoms with Crippen molar-refractivity contribution >= 4 is 21.9 Å². The van der Waals surface area contributed by atoms with Gasteiger partial charge in [-0.25, -0.2) is 4.79 Å². The lowest BCUT2D eigenvalue weighted by Gasteiger charge is -2.07. The lowest BCUT2D eigenvalue weighted by atomic mass is 10.1. The fourth-order valence-corrected chi connectivity index (χ4v) is 2.94. The molecule has 0 amide bonds. The summed E-state index contributed by atoms with van der Waals surface area (Å²) in [5, 5.41) is 0. The summed E-state index contributed by atoms with van der Waals surface area (Å²) < 4.78 is 38.7. The van der Waals surface area contributed by atoms with Gasteiger partial charge in [0.15, 0.2) is 0 Å². The van der Waals surface area contributed by atoms with E-state index in [1.54, 1.807) is 30.3 Å². The average molecular weight is 392 g/mol. The maximum absolute atomic E-state index is 11.9. The third-order valence-electron chi connectivity index (χ3n) is 3.46. The van der Waals surface area contributed by atoms with E-state index in [4.69, 9.17) is 13.7 Å². The molecular formula is C19H20O7S. The maximum atomic E-state index is 11.9. The number of hydrogen-bond donors (Lipinski definition) is 0. The number of esters is 1. The van der Waals surface area contributed by atoms with Crippen molar-refractivity contribution < 1.29 is 31.7 Å². The fraction of sp³-hybridized carbons (Fsp3) is 0.263. The first kappa shape index (κ1) is 20.8. The molecule has 0 aliphatic carbocycles. The van der Waals surface area contributed by atoms with Gasteiger partial charge < -0.3 is 9.47 Å². The molecule has 2 aromatic carbocycles. The van der Waals surface area contributed by atoms with Gasteiger partial charge in [0, 0.05) is 5.56 Å². The quantitative estimate of drug-likeness (QED) is 0.201. The molecule has 27 heavy (non-hydrogen) atoms. The van der Waals surface area contributed by atoms with Crippen LogP contribution in [0.2, 0.25) is 0 Å². The molecule has 8 heteroatoms. The third kappa shape index (κ3) is 6.59. The first-order valence-corrected chi connectivity index (χ1v) is 9.61. The molecule has 144 valence electrons. The molecule has 0 bridgehead atoms. The SMILES string of the molecule is Cc1ccc(S(=O)(=O)OCCOCCOC(=O)C(=O)c2ccccc2)cc1. The summed E-state index contributed by atoms with van der Waals surface area (Å²) in [4.78, 5) is 23.5. The number of ether oxygens (including phenoxy) is 2. The second-order valence-corrected chi connectivity index (χ2v) is 7.15. The number of hydrogen-bond acceptors (Lipinski definition) is 7. The molecule has 0 fully saturated rings. The third-order valence-corrected chi connectivity index (χ3v) is 4.78. The van der Waals surface area contributed by atoms with Crippen LogP contribution in [0.25, 0.3) is 0 Å². The van der Waals surface area contributed by atoms with E-state index in [1.807, 2.05) is 6.92 Å². The van der Waals surface area contributed by atoms with E-state index in [0.29, 0.717) is 0 Å². The zero-order valence-electron chi connectivity index (χ0n) is 14.8. The van der Waals surface area contributed by atoms with E-state index in [9.17, 15) is 18.0 Å². The summed E-state index contributed by atoms with van der Waals surface area (Å²) >= 11 is 0. The van der Waals surface area contributed by atoms with E-state index < -0.39 is 21.9 Å². The van der Waals surface area contributed by atoms with E-state index in [-0.39, 0.29) is 36.9 Å². The Labute approximate surface area is 158 Å². The van der Waals surface area contributed by atoms with E-state index in [1.165, 1.54) is 24.3 Å². The second-order valence-electron chi connectivity index (χ2n) is 5.53. The lowest BCUT2D eigenvalue weighted by molar-refractivity contribution is -0.139. The van der Waals surface area contributed by atoms with Crippen molar-refractivity contribution in [3.8, 4) is 0 Å². The normalized spacial score (nSPS) is 11.1. The Morgan fingerprint density at radius 2 is 1.48 bits per heavy atom. The molecule has 0 aromatic heterocycles. The molecule has 0 aliphatic rings. The highest BCUT2D eigenvalue weighted by atomic mass is 32.2. The van der Waals surface area contributed by atoms with Gasteiger partial charge in [-0.15, -0.1) is 0 Å². The summed E-state index contributed by atoms with van der Waals surface area (Å²) in [6, 6.07) is 14.4. The highest BCUT2D eigenvalue weighted by Gasteiger charge is 2.17. The van der Waals surface area contributed by atoms with E-state index in [2.05, 4.69) is 0 Å². The monoisotopic (exact) mass is 392 g/mol. The van der Waals surface area contributed by atoms with Crippen LogP contribution in [-0.2, 0) is 28.6 Å². The van der Waals surface area contributed by atoms with Crippen LogP contribution in [-0.4, -0.2) is 46.6 Å². The van der Waals surface area contributed by atoms with Crippen LogP contribution in [0.15, 0.2) is 59.5 Å². The highest BCUT2D eigenvalue weighted by molar-refractivity contribution is 7.86. The van der Waals surface area contributed by atoms with Crippen LogP contribution in [0.3, 0.4) is 0 Å². The van der Waals surface area contributed by atoms with E-state index >= 15 is 0 Å². The minimum absolute atomic E-state index is 0.00469. The number of carbonyl (C=O) groups excluding carboxylic acids is 2. The van der Waals surface area contributed by atoms with Crippen molar-refractivity contribution in [1.82, 2.24) is 0 Å². The maximum Gasteiger partial charge on any atom is 0.379 e. The highest BCUT2D eigenvalue weighted by Crippen LogP contribution is 2.12. The van der Waals surface area contributed by atoms with Crippen molar-refractivity contribution in [3.05, 3.63) is 65.7 Å². The van der Waals surface area contributed by atoms with Crippen LogP contribution < -0.4 is 0 Å². The van der Waals surface area contributed by atoms with E-state index in [0.717, 1.165) is 5.56 Å². The molecule has 0 N–H and O–H groups in total. The molecule has 0 unspecified atom stereocenters. The predicted octanol–water partition coefficient (Wildman–Crippen LogP) is 2.14. The first-order valence-electron chi connectivity index (χ1n) is 8.20. The van der Waals surface area contributed by atoms with Gasteiger partial charge in [0.2, 0.25) is 0 Å². The Morgan fingerprint density at radius 1 is 0.852 bits per heavy atom. The number of carbonyl (C=O) groups is 2. The predicted molar refractivity (Wildman–Crippen MR) is 96.9 cm³/mol. The van der Waals surface area contributed by atoms with Crippen molar-refractivity contribution in [1.29, 1.82) is 0 Å². The topological polar surface area (TPSA) is 96.0 Å². The van der Waals surface area contributed by atoms with Crippen molar-refractivity contribution in [3.63, 3.8) is 0 Å². The molecule has 0 spiro atoms. The Balaban J connectivity index is 1.62. The zero-order chi connectivity index (χ0) is 19.7. The Hall–Kier alpha value is -2.55. The summed E-state index contributed by atoms with van der Waals surface area (Å²) in [5.41, 5.74) is 1.19. The Morgan fingerprint density at radius 3 is 2.15 bits per heavy atom. The Kier molecular flexibility index (Phi) is 7.66. The molecule has 2 rings (SSSR count). The summed E-state index contributed by atoms with van der Waals surface area (Å²) in [7, 11) is -3.84. The molecular weight excluding hydrogens is 372 g/mol. The average Bonchev–Trinajstić information content (AvgIpc) is 2.67. The van der Waals surface area contributed by atoms with Crippen LogP contribution in [0.1, 0.15) is 15.9 Å². The van der Waals surface area contributed by atoms with Gasteiger partial charge in [0.05, 0.1) is 24.7 Å². The second kappa shape index (κ2) is 9.96. The molecule has 0 saturated heterocycles. The van der Waals surface area contributed by atoms with Gasteiger partial charge in [-0.2, -0.15) is 8.42 Å². The van der Waals surface area contributed by atoms with Gasteiger partial charge in [0.1, 0.15) is 6.61 Å². The molecule has 7 nitrogen and oxygen atoms in total. The van der Waals surface area contributed by atoms with Crippen LogP contribution in [0.5, 0.6) is 0 Å². The van der Waals surface area contributed by atoms with Gasteiger partial charge in [-0.05, 0) is 19.1 Å². The standard InChI is InChI=1S/C19H20O7S/c1-15-7-9-17(10-8-15)27(22,23)26-14-12-24-11-13-25-19(21)18(20)16-5-3-2-4-6-16/h2-10H,11-14H2,1H3. The van der Waals surface area contributed by atoms with Crippen LogP contribution in [0.4, 0.5) is 0 Å². The van der Waals surface area contributed by atoms with Crippen molar-refractivity contribution in [2.45, 2.75) is 11.8 Å². The minimum atomic E-state index is -3.84. The molecule has 2 aromatic rings. The fourth-order valence-electron chi connectivity index (χ4n) is 2.04. The first-order chi connectivity index (χ1) is 12.9. The molecule has 0 heterocycles. The van der Waals surface area contributed by atoms with Gasteiger partial charge >= 0.3 is 5.97 Å². The number of Topliss-reactive ketones (excluding diaryl/α,β-unsaturated/α-hetero) is 1. The van der Waals surface area contributed by atoms with Crippen molar-refractivity contribution in [2.75, 3.05) is 26.4 Å². The number of rotatable bonds is 10. The van der Waals surface area contributed by atoms with Gasteiger partial charge in [0.25, 0.3) is 15.9 Å². The van der Waals surface area contributed by atoms with Crippen LogP contribution >= 0.6 is 0 Å². The Bertz CT molecular complexity index is 859. The smallest absolute Gasteiger partial charge is 0.379 e. The van der Waals surface area contributed by atoms with Crippen LogP contribution in [0, 0.1) is 6.92 Å². The summed E-state index contributed by atoms with van der Waals surface area (Å²) in [6.07, 6.45) is 0.